The molecule has 0 aromatic carbocycles. The Morgan fingerprint density at radius 3 is 2.61 bits per heavy atom. The third kappa shape index (κ3) is 5.01. The fourth-order valence-electron chi connectivity index (χ4n) is 1.69. The van der Waals surface area contributed by atoms with E-state index >= 15 is 0 Å². The van der Waals surface area contributed by atoms with E-state index in [1.54, 1.807) is 0 Å². The number of amides is 1. The second-order valence-electron chi connectivity index (χ2n) is 4.79. The van der Waals surface area contributed by atoms with Crippen LogP contribution in [0.5, 0.6) is 0 Å². The van der Waals surface area contributed by atoms with Gasteiger partial charge < -0.3 is 19.9 Å². The van der Waals surface area contributed by atoms with Crippen LogP contribution in [0.4, 0.5) is 0 Å². The molecule has 6 nitrogen and oxygen atoms in total. The molecule has 2 N–H and O–H groups in total. The summed E-state index contributed by atoms with van der Waals surface area (Å²) in [5.41, 5.74) is 0. The van der Waals surface area contributed by atoms with Crippen molar-refractivity contribution in [1.29, 1.82) is 0 Å². The summed E-state index contributed by atoms with van der Waals surface area (Å²) in [5.74, 6) is -0.798. The van der Waals surface area contributed by atoms with Crippen LogP contribution in [0.2, 0.25) is 0 Å². The lowest BCUT2D eigenvalue weighted by molar-refractivity contribution is -0.151. The highest BCUT2D eigenvalue weighted by atomic mass is 16.5. The van der Waals surface area contributed by atoms with Gasteiger partial charge in [0, 0.05) is 13.2 Å². The van der Waals surface area contributed by atoms with Crippen LogP contribution >= 0.6 is 0 Å². The van der Waals surface area contributed by atoms with Crippen molar-refractivity contribution in [2.45, 2.75) is 38.9 Å². The van der Waals surface area contributed by atoms with Gasteiger partial charge in [-0.1, -0.05) is 13.8 Å². The minimum Gasteiger partial charge on any atom is -0.479 e. The Balaban J connectivity index is 2.12. The van der Waals surface area contributed by atoms with Crippen molar-refractivity contribution in [3.8, 4) is 0 Å². The van der Waals surface area contributed by atoms with Crippen molar-refractivity contribution in [2.75, 3.05) is 19.8 Å². The lowest BCUT2D eigenvalue weighted by Crippen LogP contribution is -2.37. The minimum absolute atomic E-state index is 0.258. The van der Waals surface area contributed by atoms with Crippen LogP contribution in [-0.4, -0.2) is 48.9 Å². The minimum atomic E-state index is -1.01. The maximum atomic E-state index is 11.6. The first kappa shape index (κ1) is 14.9. The number of rotatable bonds is 7. The number of carbonyl (C=O) groups excluding carboxylic acids is 1. The number of hydrogen-bond acceptors (Lipinski definition) is 4. The van der Waals surface area contributed by atoms with Crippen LogP contribution in [0.25, 0.3) is 0 Å². The van der Waals surface area contributed by atoms with E-state index in [1.807, 2.05) is 0 Å². The highest BCUT2D eigenvalue weighted by Gasteiger charge is 2.34. The van der Waals surface area contributed by atoms with E-state index in [0.717, 1.165) is 0 Å². The Kier molecular flexibility index (Phi) is 6.07. The summed E-state index contributed by atoms with van der Waals surface area (Å²) in [5, 5.41) is 11.4. The molecule has 2 atom stereocenters. The Morgan fingerprint density at radius 1 is 1.39 bits per heavy atom. The number of hydrogen-bond donors (Lipinski definition) is 2. The van der Waals surface area contributed by atoms with Gasteiger partial charge in [0.15, 0.2) is 6.10 Å². The number of aliphatic carboxylic acids is 1. The highest BCUT2D eigenvalue weighted by molar-refractivity contribution is 5.82. The fraction of sp³-hybridized carbons (Fsp3) is 0.833. The van der Waals surface area contributed by atoms with Crippen molar-refractivity contribution in [3.05, 3.63) is 0 Å². The largest absolute Gasteiger partial charge is 0.479 e. The second kappa shape index (κ2) is 7.33. The molecule has 1 amide bonds. The van der Waals surface area contributed by atoms with Gasteiger partial charge in [-0.05, 0) is 18.8 Å². The standard InChI is InChI=1S/C12H21NO5/c1-8(2)7-17-6-5-13-11(14)9-3-4-10(18-9)12(15)16/h8-10H,3-7H2,1-2H3,(H,13,14)(H,15,16)/t9-,10+/m0/s1. The van der Waals surface area contributed by atoms with Crippen LogP contribution < -0.4 is 5.32 Å². The molecule has 0 saturated carbocycles. The molecule has 0 unspecified atom stereocenters. The molecule has 6 heteroatoms. The molecule has 104 valence electrons. The first-order chi connectivity index (χ1) is 8.50. The molecule has 18 heavy (non-hydrogen) atoms. The number of carboxylic acid groups (broad SMARTS) is 1. The van der Waals surface area contributed by atoms with Gasteiger partial charge in [0.1, 0.15) is 6.10 Å². The van der Waals surface area contributed by atoms with Crippen LogP contribution in [-0.2, 0) is 19.1 Å². The van der Waals surface area contributed by atoms with Crippen molar-refractivity contribution < 1.29 is 24.2 Å². The number of carboxylic acids is 1. The lowest BCUT2D eigenvalue weighted by Gasteiger charge is -2.12. The molecule has 0 radical (unpaired) electrons. The van der Waals surface area contributed by atoms with Crippen LogP contribution in [0.1, 0.15) is 26.7 Å². The van der Waals surface area contributed by atoms with Crippen LogP contribution in [0, 0.1) is 5.92 Å². The van der Waals surface area contributed by atoms with E-state index in [1.165, 1.54) is 0 Å². The maximum Gasteiger partial charge on any atom is 0.332 e. The zero-order valence-electron chi connectivity index (χ0n) is 10.8. The molecule has 0 spiro atoms. The first-order valence-electron chi connectivity index (χ1n) is 6.24. The van der Waals surface area contributed by atoms with E-state index in [4.69, 9.17) is 14.6 Å². The van der Waals surface area contributed by atoms with Gasteiger partial charge in [-0.15, -0.1) is 0 Å². The topological polar surface area (TPSA) is 84.9 Å². The average molecular weight is 259 g/mol. The van der Waals surface area contributed by atoms with E-state index in [2.05, 4.69) is 19.2 Å². The molecular weight excluding hydrogens is 238 g/mol. The third-order valence-electron chi connectivity index (χ3n) is 2.58. The van der Waals surface area contributed by atoms with E-state index in [9.17, 15) is 9.59 Å². The molecule has 1 aliphatic rings. The monoisotopic (exact) mass is 259 g/mol. The number of nitrogens with one attached hydrogen (secondary N) is 1. The average Bonchev–Trinajstić information content (AvgIpc) is 2.77. The molecule has 0 aliphatic carbocycles. The predicted molar refractivity (Wildman–Crippen MR) is 64.2 cm³/mol. The molecule has 0 aromatic heterocycles. The normalized spacial score (nSPS) is 23.3. The fourth-order valence-corrected chi connectivity index (χ4v) is 1.69. The molecule has 1 aliphatic heterocycles. The van der Waals surface area contributed by atoms with Crippen molar-refractivity contribution in [2.24, 2.45) is 5.92 Å². The van der Waals surface area contributed by atoms with Gasteiger partial charge in [0.25, 0.3) is 0 Å². The molecular formula is C12H21NO5. The summed E-state index contributed by atoms with van der Waals surface area (Å²) in [6.45, 7) is 5.65. The molecule has 0 bridgehead atoms. The van der Waals surface area contributed by atoms with Gasteiger partial charge in [-0.25, -0.2) is 4.79 Å². The summed E-state index contributed by atoms with van der Waals surface area (Å²) in [7, 11) is 0. The molecule has 1 heterocycles. The molecule has 1 rings (SSSR count). The van der Waals surface area contributed by atoms with Gasteiger partial charge in [0.05, 0.1) is 6.61 Å². The van der Waals surface area contributed by atoms with Gasteiger partial charge >= 0.3 is 5.97 Å². The van der Waals surface area contributed by atoms with Crippen LogP contribution in [0.3, 0.4) is 0 Å². The number of carbonyl (C=O) groups is 2. The third-order valence-corrected chi connectivity index (χ3v) is 2.58. The quantitative estimate of drug-likeness (QED) is 0.647. The van der Waals surface area contributed by atoms with Gasteiger partial charge in [-0.2, -0.15) is 0 Å². The Morgan fingerprint density at radius 2 is 2.06 bits per heavy atom. The zero-order valence-corrected chi connectivity index (χ0v) is 10.8. The van der Waals surface area contributed by atoms with Crippen molar-refractivity contribution in [1.82, 2.24) is 5.32 Å². The maximum absolute atomic E-state index is 11.6. The van der Waals surface area contributed by atoms with Gasteiger partial charge in [0.2, 0.25) is 5.91 Å². The number of ether oxygens (including phenoxy) is 2. The van der Waals surface area contributed by atoms with Crippen molar-refractivity contribution in [3.63, 3.8) is 0 Å². The molecule has 0 aromatic rings. The van der Waals surface area contributed by atoms with E-state index in [-0.39, 0.29) is 5.91 Å². The summed E-state index contributed by atoms with van der Waals surface area (Å²) < 4.78 is 10.4. The SMILES string of the molecule is CC(C)COCCNC(=O)[C@@H]1CC[C@H](C(=O)O)O1. The summed E-state index contributed by atoms with van der Waals surface area (Å²) in [6, 6.07) is 0. The van der Waals surface area contributed by atoms with E-state index < -0.39 is 18.2 Å². The predicted octanol–water partition coefficient (Wildman–Crippen LogP) is 0.407. The summed E-state index contributed by atoms with van der Waals surface area (Å²) in [6.07, 6.45) is -0.651. The Labute approximate surface area is 107 Å². The second-order valence-corrected chi connectivity index (χ2v) is 4.79. The smallest absolute Gasteiger partial charge is 0.332 e. The summed E-state index contributed by atoms with van der Waals surface area (Å²) in [4.78, 5) is 22.3. The summed E-state index contributed by atoms with van der Waals surface area (Å²) >= 11 is 0. The zero-order chi connectivity index (χ0) is 13.5. The van der Waals surface area contributed by atoms with E-state index in [0.29, 0.717) is 38.5 Å². The van der Waals surface area contributed by atoms with Crippen LogP contribution in [0.15, 0.2) is 0 Å². The Hall–Kier alpha value is -1.14. The highest BCUT2D eigenvalue weighted by Crippen LogP contribution is 2.19. The molecule has 1 saturated heterocycles. The first-order valence-corrected chi connectivity index (χ1v) is 6.24. The molecule has 1 fully saturated rings. The van der Waals surface area contributed by atoms with Gasteiger partial charge in [-0.3, -0.25) is 4.79 Å². The lowest BCUT2D eigenvalue weighted by atomic mass is 10.2. The van der Waals surface area contributed by atoms with Crippen molar-refractivity contribution >= 4 is 11.9 Å². The Bertz CT molecular complexity index is 292.